The summed E-state index contributed by atoms with van der Waals surface area (Å²) < 4.78 is 5.05. The molecular formula is C11H13ClN2O2. The lowest BCUT2D eigenvalue weighted by atomic mass is 10.2. The van der Waals surface area contributed by atoms with Crippen molar-refractivity contribution in [1.82, 2.24) is 4.90 Å². The number of halogens is 1. The van der Waals surface area contributed by atoms with Gasteiger partial charge < -0.3 is 15.4 Å². The minimum absolute atomic E-state index is 0.181. The van der Waals surface area contributed by atoms with E-state index in [0.717, 1.165) is 5.56 Å². The van der Waals surface area contributed by atoms with Gasteiger partial charge in [-0.2, -0.15) is 0 Å². The van der Waals surface area contributed by atoms with E-state index in [1.54, 1.807) is 17.0 Å². The summed E-state index contributed by atoms with van der Waals surface area (Å²) in [4.78, 5) is 13.1. The summed E-state index contributed by atoms with van der Waals surface area (Å²) in [5, 5.41) is 0.688. The average molecular weight is 241 g/mol. The largest absolute Gasteiger partial charge is 0.443 e. The van der Waals surface area contributed by atoms with Crippen molar-refractivity contribution in [2.75, 3.05) is 13.1 Å². The Morgan fingerprint density at radius 3 is 2.69 bits per heavy atom. The summed E-state index contributed by atoms with van der Waals surface area (Å²) >= 11 is 5.78. The highest BCUT2D eigenvalue weighted by molar-refractivity contribution is 6.30. The van der Waals surface area contributed by atoms with Crippen LogP contribution in [0.5, 0.6) is 0 Å². The van der Waals surface area contributed by atoms with E-state index in [2.05, 4.69) is 0 Å². The van der Waals surface area contributed by atoms with Gasteiger partial charge in [-0.05, 0) is 17.7 Å². The van der Waals surface area contributed by atoms with Gasteiger partial charge in [0.25, 0.3) is 0 Å². The van der Waals surface area contributed by atoms with Crippen LogP contribution in [0.3, 0.4) is 0 Å². The summed E-state index contributed by atoms with van der Waals surface area (Å²) in [6.45, 7) is 1.45. The predicted molar refractivity (Wildman–Crippen MR) is 61.2 cm³/mol. The summed E-state index contributed by atoms with van der Waals surface area (Å²) in [6.07, 6.45) is -0.481. The lowest BCUT2D eigenvalue weighted by molar-refractivity contribution is 0.134. The van der Waals surface area contributed by atoms with Crippen molar-refractivity contribution in [3.8, 4) is 0 Å². The van der Waals surface area contributed by atoms with Gasteiger partial charge in [0.15, 0.2) is 0 Å². The third-order valence-corrected chi connectivity index (χ3v) is 2.75. The van der Waals surface area contributed by atoms with Crippen LogP contribution in [0.25, 0.3) is 0 Å². The molecule has 0 saturated carbocycles. The number of amides is 1. The van der Waals surface area contributed by atoms with Crippen molar-refractivity contribution in [2.24, 2.45) is 5.73 Å². The van der Waals surface area contributed by atoms with Crippen LogP contribution >= 0.6 is 11.6 Å². The SMILES string of the molecule is NCC1CN(Cc2ccc(Cl)cc2)C(=O)O1. The number of cyclic esters (lactones) is 1. The Kier molecular flexibility index (Phi) is 3.31. The first-order valence-corrected chi connectivity index (χ1v) is 5.47. The van der Waals surface area contributed by atoms with Gasteiger partial charge in [-0.25, -0.2) is 4.79 Å². The minimum atomic E-state index is -0.301. The molecule has 2 rings (SSSR count). The van der Waals surface area contributed by atoms with Crippen molar-refractivity contribution < 1.29 is 9.53 Å². The molecular weight excluding hydrogens is 228 g/mol. The summed E-state index contributed by atoms with van der Waals surface area (Å²) in [5.74, 6) is 0. The highest BCUT2D eigenvalue weighted by Crippen LogP contribution is 2.16. The fraction of sp³-hybridized carbons (Fsp3) is 0.364. The normalized spacial score (nSPS) is 20.0. The van der Waals surface area contributed by atoms with Crippen LogP contribution in [-0.2, 0) is 11.3 Å². The highest BCUT2D eigenvalue weighted by atomic mass is 35.5. The molecule has 1 unspecified atom stereocenters. The van der Waals surface area contributed by atoms with Gasteiger partial charge in [-0.3, -0.25) is 0 Å². The molecule has 0 spiro atoms. The van der Waals surface area contributed by atoms with Crippen LogP contribution in [0, 0.1) is 0 Å². The molecule has 1 aliphatic rings. The fourth-order valence-corrected chi connectivity index (χ4v) is 1.76. The van der Waals surface area contributed by atoms with Crippen molar-refractivity contribution in [3.63, 3.8) is 0 Å². The van der Waals surface area contributed by atoms with E-state index in [9.17, 15) is 4.79 Å². The number of carbonyl (C=O) groups is 1. The Labute approximate surface area is 98.9 Å². The third-order valence-electron chi connectivity index (χ3n) is 2.50. The second-order valence-corrected chi connectivity index (χ2v) is 4.18. The molecule has 0 bridgehead atoms. The van der Waals surface area contributed by atoms with Gasteiger partial charge in [0.05, 0.1) is 6.54 Å². The van der Waals surface area contributed by atoms with E-state index in [-0.39, 0.29) is 12.2 Å². The van der Waals surface area contributed by atoms with Gasteiger partial charge in [-0.15, -0.1) is 0 Å². The van der Waals surface area contributed by atoms with Gasteiger partial charge >= 0.3 is 6.09 Å². The maximum absolute atomic E-state index is 11.4. The van der Waals surface area contributed by atoms with Crippen LogP contribution in [-0.4, -0.2) is 30.2 Å². The molecule has 2 N–H and O–H groups in total. The van der Waals surface area contributed by atoms with Crippen LogP contribution in [0.15, 0.2) is 24.3 Å². The minimum Gasteiger partial charge on any atom is -0.443 e. The van der Waals surface area contributed by atoms with E-state index < -0.39 is 0 Å². The zero-order valence-corrected chi connectivity index (χ0v) is 9.48. The molecule has 0 radical (unpaired) electrons. The Hall–Kier alpha value is -1.26. The smallest absolute Gasteiger partial charge is 0.410 e. The van der Waals surface area contributed by atoms with Gasteiger partial charge in [0.1, 0.15) is 6.10 Å². The lowest BCUT2D eigenvalue weighted by Crippen LogP contribution is -2.27. The number of hydrogen-bond acceptors (Lipinski definition) is 3. The molecule has 86 valence electrons. The number of rotatable bonds is 3. The molecule has 1 aliphatic heterocycles. The van der Waals surface area contributed by atoms with E-state index in [1.807, 2.05) is 12.1 Å². The van der Waals surface area contributed by atoms with Gasteiger partial charge in [0.2, 0.25) is 0 Å². The van der Waals surface area contributed by atoms with E-state index in [0.29, 0.717) is 24.7 Å². The zero-order chi connectivity index (χ0) is 11.5. The lowest BCUT2D eigenvalue weighted by Gasteiger charge is -2.12. The van der Waals surface area contributed by atoms with Gasteiger partial charge in [-0.1, -0.05) is 23.7 Å². The Morgan fingerprint density at radius 1 is 1.44 bits per heavy atom. The van der Waals surface area contributed by atoms with Crippen LogP contribution in [0.1, 0.15) is 5.56 Å². The first-order valence-electron chi connectivity index (χ1n) is 5.09. The monoisotopic (exact) mass is 240 g/mol. The average Bonchev–Trinajstić information content (AvgIpc) is 2.63. The fourth-order valence-electron chi connectivity index (χ4n) is 1.64. The maximum atomic E-state index is 11.4. The number of nitrogens with two attached hydrogens (primary N) is 1. The molecule has 1 heterocycles. The molecule has 1 atom stereocenters. The number of hydrogen-bond donors (Lipinski definition) is 1. The summed E-state index contributed by atoms with van der Waals surface area (Å²) in [6, 6.07) is 7.40. The van der Waals surface area contributed by atoms with Crippen molar-refractivity contribution in [2.45, 2.75) is 12.6 Å². The molecule has 1 saturated heterocycles. The van der Waals surface area contributed by atoms with E-state index >= 15 is 0 Å². The van der Waals surface area contributed by atoms with Crippen molar-refractivity contribution in [3.05, 3.63) is 34.9 Å². The van der Waals surface area contributed by atoms with Crippen LogP contribution in [0.2, 0.25) is 5.02 Å². The highest BCUT2D eigenvalue weighted by Gasteiger charge is 2.29. The molecule has 1 fully saturated rings. The maximum Gasteiger partial charge on any atom is 0.410 e. The first kappa shape index (κ1) is 11.2. The summed E-state index contributed by atoms with van der Waals surface area (Å²) in [5.41, 5.74) is 6.48. The molecule has 16 heavy (non-hydrogen) atoms. The predicted octanol–water partition coefficient (Wildman–Crippen LogP) is 1.62. The number of benzene rings is 1. The molecule has 5 heteroatoms. The zero-order valence-electron chi connectivity index (χ0n) is 8.73. The van der Waals surface area contributed by atoms with Crippen LogP contribution < -0.4 is 5.73 Å². The Balaban J connectivity index is 2.00. The number of ether oxygens (including phenoxy) is 1. The molecule has 1 amide bonds. The van der Waals surface area contributed by atoms with E-state index in [4.69, 9.17) is 22.1 Å². The Bertz CT molecular complexity index is 380. The molecule has 1 aromatic carbocycles. The van der Waals surface area contributed by atoms with Gasteiger partial charge in [0, 0.05) is 18.1 Å². The van der Waals surface area contributed by atoms with E-state index in [1.165, 1.54) is 0 Å². The molecule has 4 nitrogen and oxygen atoms in total. The molecule has 0 aromatic heterocycles. The second kappa shape index (κ2) is 4.72. The quantitative estimate of drug-likeness (QED) is 0.874. The first-order chi connectivity index (χ1) is 7.69. The Morgan fingerprint density at radius 2 is 2.12 bits per heavy atom. The van der Waals surface area contributed by atoms with Crippen molar-refractivity contribution >= 4 is 17.7 Å². The van der Waals surface area contributed by atoms with Crippen molar-refractivity contribution in [1.29, 1.82) is 0 Å². The second-order valence-electron chi connectivity index (χ2n) is 3.75. The number of nitrogens with zero attached hydrogens (tertiary/aromatic N) is 1. The number of carbonyl (C=O) groups excluding carboxylic acids is 1. The molecule has 1 aromatic rings. The van der Waals surface area contributed by atoms with Crippen LogP contribution in [0.4, 0.5) is 4.79 Å². The molecule has 0 aliphatic carbocycles. The third kappa shape index (κ3) is 2.46. The standard InChI is InChI=1S/C11H13ClN2O2/c12-9-3-1-8(2-4-9)6-14-7-10(5-13)16-11(14)15/h1-4,10H,5-7,13H2. The summed E-state index contributed by atoms with van der Waals surface area (Å²) in [7, 11) is 0. The topological polar surface area (TPSA) is 55.6 Å².